The molecule has 1 aliphatic heterocycles. The normalized spacial score (nSPS) is 15.5. The number of aromatic nitrogens is 1. The molecule has 1 amide bonds. The van der Waals surface area contributed by atoms with Crippen LogP contribution in [0.3, 0.4) is 0 Å². The third-order valence-corrected chi connectivity index (χ3v) is 7.04. The molecular formula is C29H31N3O4. The van der Waals surface area contributed by atoms with Gasteiger partial charge in [-0.25, -0.2) is 0 Å². The zero-order chi connectivity index (χ0) is 25.6. The number of methoxy groups -OCH3 is 1. The number of likely N-dealkylation sites (N-methyl/N-ethyl adjacent to an activating group) is 1. The van der Waals surface area contributed by atoms with E-state index in [4.69, 9.17) is 9.47 Å². The first kappa shape index (κ1) is 23.7. The summed E-state index contributed by atoms with van der Waals surface area (Å²) in [7, 11) is 1.50. The number of H-pyrrole nitrogens is 1. The Morgan fingerprint density at radius 3 is 2.67 bits per heavy atom. The molecule has 0 fully saturated rings. The fraction of sp³-hybridized carbons (Fsp3) is 0.310. The van der Waals surface area contributed by atoms with Gasteiger partial charge in [0.1, 0.15) is 18.1 Å². The van der Waals surface area contributed by atoms with E-state index in [1.165, 1.54) is 7.11 Å². The van der Waals surface area contributed by atoms with Gasteiger partial charge in [-0.15, -0.1) is 0 Å². The standard InChI is InChI=1S/C29H31N3O4/c1-6-32-17(2)16-36-26-13-18(11-12-24(26)32)29(3,4)31-28(34)21-14-23-20(15-25(21)35-5)27(33)19-9-7-8-10-22(19)30-23/h7-15,17H,6,16H2,1-5H3,(H,30,33)(H,31,34). The number of para-hydroxylation sites is 1. The number of benzene rings is 3. The van der Waals surface area contributed by atoms with E-state index in [0.29, 0.717) is 40.3 Å². The molecule has 0 bridgehead atoms. The number of rotatable bonds is 5. The summed E-state index contributed by atoms with van der Waals surface area (Å²) in [6.45, 7) is 9.72. The summed E-state index contributed by atoms with van der Waals surface area (Å²) in [5.74, 6) is 0.871. The molecule has 1 unspecified atom stereocenters. The van der Waals surface area contributed by atoms with Crippen molar-refractivity contribution in [2.75, 3.05) is 25.2 Å². The van der Waals surface area contributed by atoms with Crippen LogP contribution in [0.15, 0.2) is 59.4 Å². The van der Waals surface area contributed by atoms with E-state index in [9.17, 15) is 9.59 Å². The predicted octanol–water partition coefficient (Wildman–Crippen LogP) is 4.96. The molecular weight excluding hydrogens is 454 g/mol. The zero-order valence-electron chi connectivity index (χ0n) is 21.3. The highest BCUT2D eigenvalue weighted by molar-refractivity contribution is 6.03. The molecule has 0 radical (unpaired) electrons. The molecule has 2 N–H and O–H groups in total. The van der Waals surface area contributed by atoms with Gasteiger partial charge in [-0.3, -0.25) is 9.59 Å². The number of aromatic amines is 1. The molecule has 1 aliphatic rings. The molecule has 0 aliphatic carbocycles. The number of pyridine rings is 1. The van der Waals surface area contributed by atoms with Gasteiger partial charge >= 0.3 is 0 Å². The number of nitrogens with zero attached hydrogens (tertiary/aromatic N) is 1. The number of carbonyl (C=O) groups excluding carboxylic acids is 1. The third-order valence-electron chi connectivity index (χ3n) is 7.04. The smallest absolute Gasteiger partial charge is 0.255 e. The second kappa shape index (κ2) is 8.90. The minimum absolute atomic E-state index is 0.102. The maximum atomic E-state index is 13.5. The molecule has 186 valence electrons. The lowest BCUT2D eigenvalue weighted by molar-refractivity contribution is 0.0909. The number of amides is 1. The van der Waals surface area contributed by atoms with E-state index < -0.39 is 5.54 Å². The Balaban J connectivity index is 1.50. The average Bonchev–Trinajstić information content (AvgIpc) is 2.87. The van der Waals surface area contributed by atoms with E-state index in [1.54, 1.807) is 18.2 Å². The molecule has 1 aromatic heterocycles. The highest BCUT2D eigenvalue weighted by Crippen LogP contribution is 2.37. The van der Waals surface area contributed by atoms with Crippen molar-refractivity contribution < 1.29 is 14.3 Å². The second-order valence-corrected chi connectivity index (χ2v) is 9.81. The second-order valence-electron chi connectivity index (χ2n) is 9.81. The Kier molecular flexibility index (Phi) is 5.86. The Morgan fingerprint density at radius 1 is 1.14 bits per heavy atom. The lowest BCUT2D eigenvalue weighted by Gasteiger charge is -2.37. The van der Waals surface area contributed by atoms with Crippen molar-refractivity contribution in [1.29, 1.82) is 0 Å². The van der Waals surface area contributed by atoms with E-state index >= 15 is 0 Å². The number of anilines is 1. The van der Waals surface area contributed by atoms with Crippen LogP contribution in [0.1, 0.15) is 43.6 Å². The number of carbonyl (C=O) groups is 1. The van der Waals surface area contributed by atoms with Crippen molar-refractivity contribution in [3.63, 3.8) is 0 Å². The molecule has 0 saturated heterocycles. The molecule has 2 heterocycles. The van der Waals surface area contributed by atoms with Gasteiger partial charge in [0, 0.05) is 22.8 Å². The lowest BCUT2D eigenvalue weighted by atomic mass is 9.92. The Labute approximate surface area is 210 Å². The van der Waals surface area contributed by atoms with Crippen LogP contribution in [-0.2, 0) is 5.54 Å². The monoisotopic (exact) mass is 485 g/mol. The fourth-order valence-electron chi connectivity index (χ4n) is 5.00. The van der Waals surface area contributed by atoms with Crippen LogP contribution in [0.2, 0.25) is 0 Å². The van der Waals surface area contributed by atoms with Crippen molar-refractivity contribution in [1.82, 2.24) is 10.3 Å². The lowest BCUT2D eigenvalue weighted by Crippen LogP contribution is -2.42. The van der Waals surface area contributed by atoms with Gasteiger partial charge in [0.05, 0.1) is 35.5 Å². The van der Waals surface area contributed by atoms with Crippen LogP contribution in [0.5, 0.6) is 11.5 Å². The summed E-state index contributed by atoms with van der Waals surface area (Å²) in [5.41, 5.74) is 2.86. The van der Waals surface area contributed by atoms with Gasteiger partial charge in [0.15, 0.2) is 5.43 Å². The first-order valence-corrected chi connectivity index (χ1v) is 12.2. The van der Waals surface area contributed by atoms with Gasteiger partial charge in [-0.2, -0.15) is 0 Å². The number of hydrogen-bond donors (Lipinski definition) is 2. The van der Waals surface area contributed by atoms with E-state index in [0.717, 1.165) is 29.1 Å². The van der Waals surface area contributed by atoms with Gasteiger partial charge in [-0.1, -0.05) is 18.2 Å². The summed E-state index contributed by atoms with van der Waals surface area (Å²) in [5, 5.41) is 4.21. The Hall–Kier alpha value is -4.00. The van der Waals surface area contributed by atoms with Crippen molar-refractivity contribution in [3.8, 4) is 11.5 Å². The SMILES string of the molecule is CCN1c2ccc(C(C)(C)NC(=O)c3cc4[nH]c5ccccc5c(=O)c4cc3OC)cc2OCC1C. The average molecular weight is 486 g/mol. The minimum Gasteiger partial charge on any atom is -0.496 e. The molecule has 7 nitrogen and oxygen atoms in total. The van der Waals surface area contributed by atoms with Crippen LogP contribution in [0, 0.1) is 0 Å². The summed E-state index contributed by atoms with van der Waals surface area (Å²) in [4.78, 5) is 32.2. The zero-order valence-corrected chi connectivity index (χ0v) is 21.3. The van der Waals surface area contributed by atoms with Crippen molar-refractivity contribution in [3.05, 3.63) is 75.9 Å². The summed E-state index contributed by atoms with van der Waals surface area (Å²) < 4.78 is 11.5. The third kappa shape index (κ3) is 3.94. The number of nitrogens with one attached hydrogen (secondary N) is 2. The van der Waals surface area contributed by atoms with Gasteiger partial charge in [0.25, 0.3) is 5.91 Å². The number of fused-ring (bicyclic) bond motifs is 3. The quantitative estimate of drug-likeness (QED) is 0.390. The van der Waals surface area contributed by atoms with Crippen LogP contribution >= 0.6 is 0 Å². The van der Waals surface area contributed by atoms with Crippen LogP contribution < -0.4 is 25.1 Å². The maximum absolute atomic E-state index is 13.5. The van der Waals surface area contributed by atoms with Crippen molar-refractivity contribution in [2.45, 2.75) is 39.3 Å². The summed E-state index contributed by atoms with van der Waals surface area (Å²) in [6.07, 6.45) is 0. The Bertz CT molecular complexity index is 1540. The molecule has 3 aromatic carbocycles. The topological polar surface area (TPSA) is 83.7 Å². The number of ether oxygens (including phenoxy) is 2. The van der Waals surface area contributed by atoms with Crippen molar-refractivity contribution >= 4 is 33.4 Å². The fourth-order valence-corrected chi connectivity index (χ4v) is 5.00. The van der Waals surface area contributed by atoms with E-state index in [1.807, 2.05) is 44.2 Å². The van der Waals surface area contributed by atoms with Crippen LogP contribution in [-0.4, -0.2) is 37.2 Å². The highest BCUT2D eigenvalue weighted by Gasteiger charge is 2.29. The highest BCUT2D eigenvalue weighted by atomic mass is 16.5. The Morgan fingerprint density at radius 2 is 1.92 bits per heavy atom. The van der Waals surface area contributed by atoms with Gasteiger partial charge in [0.2, 0.25) is 0 Å². The van der Waals surface area contributed by atoms with E-state index in [2.05, 4.69) is 35.1 Å². The van der Waals surface area contributed by atoms with Crippen molar-refractivity contribution in [2.24, 2.45) is 0 Å². The molecule has 7 heteroatoms. The maximum Gasteiger partial charge on any atom is 0.255 e. The molecule has 1 atom stereocenters. The van der Waals surface area contributed by atoms with Crippen LogP contribution in [0.4, 0.5) is 5.69 Å². The summed E-state index contributed by atoms with van der Waals surface area (Å²) >= 11 is 0. The molecule has 0 saturated carbocycles. The number of hydrogen-bond acceptors (Lipinski definition) is 5. The minimum atomic E-state index is -0.688. The van der Waals surface area contributed by atoms with Gasteiger partial charge in [-0.05, 0) is 69.7 Å². The molecule has 0 spiro atoms. The van der Waals surface area contributed by atoms with Gasteiger partial charge < -0.3 is 24.7 Å². The van der Waals surface area contributed by atoms with E-state index in [-0.39, 0.29) is 11.3 Å². The summed E-state index contributed by atoms with van der Waals surface area (Å²) in [6, 6.07) is 17.1. The molecule has 5 rings (SSSR count). The molecule has 36 heavy (non-hydrogen) atoms. The molecule has 4 aromatic rings. The first-order chi connectivity index (χ1) is 17.2. The van der Waals surface area contributed by atoms with Crippen LogP contribution in [0.25, 0.3) is 21.8 Å². The first-order valence-electron chi connectivity index (χ1n) is 12.2. The predicted molar refractivity (Wildman–Crippen MR) is 144 cm³/mol. The largest absolute Gasteiger partial charge is 0.496 e.